The summed E-state index contributed by atoms with van der Waals surface area (Å²) in [6.45, 7) is 0.531. The van der Waals surface area contributed by atoms with Crippen LogP contribution in [0.2, 0.25) is 0 Å². The Morgan fingerprint density at radius 3 is 2.71 bits per heavy atom. The van der Waals surface area contributed by atoms with Gasteiger partial charge in [-0.15, -0.1) is 0 Å². The van der Waals surface area contributed by atoms with Crippen molar-refractivity contribution in [2.75, 3.05) is 0 Å². The van der Waals surface area contributed by atoms with Crippen molar-refractivity contribution >= 4 is 23.6 Å². The SMILES string of the molecule is O=C1CCC(N2Cc3cc(CNC(=O)c4cncc(-c5ccccc5)n4)ccc3C2=O)C(=O)N1. The van der Waals surface area contributed by atoms with Crippen molar-refractivity contribution in [3.05, 3.63) is 83.3 Å². The lowest BCUT2D eigenvalue weighted by Crippen LogP contribution is -2.52. The maximum atomic E-state index is 12.8. The van der Waals surface area contributed by atoms with Crippen molar-refractivity contribution in [3.63, 3.8) is 0 Å². The number of aromatic nitrogens is 2. The average molecular weight is 455 g/mol. The molecule has 1 atom stereocenters. The van der Waals surface area contributed by atoms with Gasteiger partial charge in [-0.2, -0.15) is 0 Å². The topological polar surface area (TPSA) is 121 Å². The lowest BCUT2D eigenvalue weighted by atomic mass is 10.0. The number of amides is 4. The van der Waals surface area contributed by atoms with Gasteiger partial charge in [0.25, 0.3) is 11.8 Å². The van der Waals surface area contributed by atoms with Crippen molar-refractivity contribution in [2.45, 2.75) is 32.0 Å². The highest BCUT2D eigenvalue weighted by Crippen LogP contribution is 2.28. The zero-order chi connectivity index (χ0) is 23.7. The first-order valence-electron chi connectivity index (χ1n) is 10.9. The number of carbonyl (C=O) groups excluding carboxylic acids is 4. The smallest absolute Gasteiger partial charge is 0.271 e. The fourth-order valence-electron chi connectivity index (χ4n) is 4.23. The Balaban J connectivity index is 1.25. The molecule has 1 unspecified atom stereocenters. The molecular formula is C25H21N5O4. The molecule has 9 heteroatoms. The van der Waals surface area contributed by atoms with E-state index < -0.39 is 11.9 Å². The van der Waals surface area contributed by atoms with E-state index in [0.29, 0.717) is 17.7 Å². The molecule has 34 heavy (non-hydrogen) atoms. The lowest BCUT2D eigenvalue weighted by molar-refractivity contribution is -0.136. The zero-order valence-electron chi connectivity index (χ0n) is 18.2. The van der Waals surface area contributed by atoms with E-state index in [1.54, 1.807) is 18.3 Å². The van der Waals surface area contributed by atoms with Crippen LogP contribution in [0.1, 0.15) is 44.8 Å². The molecule has 0 spiro atoms. The number of carbonyl (C=O) groups is 4. The van der Waals surface area contributed by atoms with Crippen molar-refractivity contribution in [1.29, 1.82) is 0 Å². The minimum atomic E-state index is -0.656. The monoisotopic (exact) mass is 455 g/mol. The van der Waals surface area contributed by atoms with Gasteiger partial charge in [0, 0.05) is 30.6 Å². The van der Waals surface area contributed by atoms with Gasteiger partial charge in [-0.1, -0.05) is 42.5 Å². The molecule has 2 aliphatic rings. The van der Waals surface area contributed by atoms with Crippen molar-refractivity contribution in [3.8, 4) is 11.3 Å². The summed E-state index contributed by atoms with van der Waals surface area (Å²) in [5.41, 5.74) is 3.82. The van der Waals surface area contributed by atoms with Crippen LogP contribution in [0.3, 0.4) is 0 Å². The van der Waals surface area contributed by atoms with Crippen LogP contribution >= 0.6 is 0 Å². The summed E-state index contributed by atoms with van der Waals surface area (Å²) in [6.07, 6.45) is 3.55. The van der Waals surface area contributed by atoms with Crippen molar-refractivity contribution < 1.29 is 19.2 Å². The number of imide groups is 1. The third-order valence-corrected chi connectivity index (χ3v) is 5.98. The molecule has 1 fully saturated rings. The van der Waals surface area contributed by atoms with Gasteiger partial charge in [-0.3, -0.25) is 29.5 Å². The summed E-state index contributed by atoms with van der Waals surface area (Å²) in [4.78, 5) is 59.1. The number of hydrogen-bond donors (Lipinski definition) is 2. The quantitative estimate of drug-likeness (QED) is 0.566. The fourth-order valence-corrected chi connectivity index (χ4v) is 4.23. The third kappa shape index (κ3) is 4.15. The van der Waals surface area contributed by atoms with E-state index >= 15 is 0 Å². The Morgan fingerprint density at radius 1 is 1.09 bits per heavy atom. The molecule has 2 N–H and O–H groups in total. The molecule has 2 aliphatic heterocycles. The van der Waals surface area contributed by atoms with Gasteiger partial charge in [-0.05, 0) is 23.6 Å². The molecule has 9 nitrogen and oxygen atoms in total. The fraction of sp³-hybridized carbons (Fsp3) is 0.200. The van der Waals surface area contributed by atoms with Gasteiger partial charge >= 0.3 is 0 Å². The van der Waals surface area contributed by atoms with Gasteiger partial charge in [0.2, 0.25) is 11.8 Å². The van der Waals surface area contributed by atoms with Crippen LogP contribution in [-0.4, -0.2) is 44.5 Å². The van der Waals surface area contributed by atoms with Crippen LogP contribution in [0.15, 0.2) is 60.9 Å². The number of benzene rings is 2. The van der Waals surface area contributed by atoms with Crippen molar-refractivity contribution in [1.82, 2.24) is 25.5 Å². The van der Waals surface area contributed by atoms with Crippen molar-refractivity contribution in [2.24, 2.45) is 0 Å². The first kappa shape index (κ1) is 21.4. The van der Waals surface area contributed by atoms with E-state index in [1.807, 2.05) is 36.4 Å². The van der Waals surface area contributed by atoms with Crippen LogP contribution in [0, 0.1) is 0 Å². The minimum absolute atomic E-state index is 0.210. The molecule has 0 bridgehead atoms. The van der Waals surface area contributed by atoms with Gasteiger partial charge in [-0.25, -0.2) is 4.98 Å². The van der Waals surface area contributed by atoms with E-state index in [1.165, 1.54) is 11.1 Å². The largest absolute Gasteiger partial charge is 0.347 e. The molecule has 0 radical (unpaired) electrons. The molecule has 170 valence electrons. The highest BCUT2D eigenvalue weighted by Gasteiger charge is 2.39. The lowest BCUT2D eigenvalue weighted by Gasteiger charge is -2.29. The number of nitrogens with one attached hydrogen (secondary N) is 2. The molecule has 3 heterocycles. The molecule has 4 amide bonds. The third-order valence-electron chi connectivity index (χ3n) is 5.98. The standard InChI is InChI=1S/C25H21N5O4/c31-22-9-8-21(24(33)29-22)30-14-17-10-15(6-7-18(17)25(30)34)11-27-23(32)20-13-26-12-19(28-20)16-4-2-1-3-5-16/h1-7,10,12-13,21H,8-9,11,14H2,(H,27,32)(H,29,31,33). The second-order valence-corrected chi connectivity index (χ2v) is 8.23. The van der Waals surface area contributed by atoms with Gasteiger partial charge in [0.05, 0.1) is 18.1 Å². The molecular weight excluding hydrogens is 434 g/mol. The number of piperidine rings is 1. The second-order valence-electron chi connectivity index (χ2n) is 8.23. The number of fused-ring (bicyclic) bond motifs is 1. The molecule has 5 rings (SSSR count). The number of hydrogen-bond acceptors (Lipinski definition) is 6. The van der Waals surface area contributed by atoms with E-state index in [-0.39, 0.29) is 42.9 Å². The molecule has 0 aliphatic carbocycles. The number of rotatable bonds is 5. The Morgan fingerprint density at radius 2 is 1.91 bits per heavy atom. The Kier molecular flexibility index (Phi) is 5.59. The van der Waals surface area contributed by atoms with E-state index in [4.69, 9.17) is 0 Å². The van der Waals surface area contributed by atoms with Gasteiger partial charge in [0.15, 0.2) is 0 Å². The molecule has 0 saturated carbocycles. The highest BCUT2D eigenvalue weighted by atomic mass is 16.2. The average Bonchev–Trinajstić information content (AvgIpc) is 3.18. The predicted octanol–water partition coefficient (Wildman–Crippen LogP) is 1.83. The molecule has 1 aromatic heterocycles. The van der Waals surface area contributed by atoms with Crippen LogP contribution in [-0.2, 0) is 22.7 Å². The van der Waals surface area contributed by atoms with Gasteiger partial charge in [0.1, 0.15) is 11.7 Å². The van der Waals surface area contributed by atoms with Crippen LogP contribution < -0.4 is 10.6 Å². The van der Waals surface area contributed by atoms with Crippen LogP contribution in [0.5, 0.6) is 0 Å². The summed E-state index contributed by atoms with van der Waals surface area (Å²) in [7, 11) is 0. The Hall–Kier alpha value is -4.40. The minimum Gasteiger partial charge on any atom is -0.347 e. The molecule has 2 aromatic carbocycles. The summed E-state index contributed by atoms with van der Waals surface area (Å²) >= 11 is 0. The van der Waals surface area contributed by atoms with Crippen LogP contribution in [0.4, 0.5) is 0 Å². The Labute approximate surface area is 195 Å². The summed E-state index contributed by atoms with van der Waals surface area (Å²) in [5, 5.41) is 5.14. The van der Waals surface area contributed by atoms with Gasteiger partial charge < -0.3 is 10.2 Å². The molecule has 1 saturated heterocycles. The zero-order valence-corrected chi connectivity index (χ0v) is 18.2. The van der Waals surface area contributed by atoms with E-state index in [2.05, 4.69) is 20.6 Å². The summed E-state index contributed by atoms with van der Waals surface area (Å²) < 4.78 is 0. The van der Waals surface area contributed by atoms with E-state index in [9.17, 15) is 19.2 Å². The predicted molar refractivity (Wildman–Crippen MR) is 121 cm³/mol. The molecule has 3 aromatic rings. The van der Waals surface area contributed by atoms with Crippen LogP contribution in [0.25, 0.3) is 11.3 Å². The maximum Gasteiger partial charge on any atom is 0.271 e. The summed E-state index contributed by atoms with van der Waals surface area (Å²) in [6, 6.07) is 14.2. The normalized spacial score (nSPS) is 17.4. The first-order valence-corrected chi connectivity index (χ1v) is 10.9. The second kappa shape index (κ2) is 8.86. The summed E-state index contributed by atoms with van der Waals surface area (Å²) in [5.74, 6) is -1.34. The van der Waals surface area contributed by atoms with E-state index in [0.717, 1.165) is 16.7 Å². The highest BCUT2D eigenvalue weighted by molar-refractivity contribution is 6.05. The number of nitrogens with zero attached hydrogens (tertiary/aromatic N) is 3. The maximum absolute atomic E-state index is 12.8. The Bertz CT molecular complexity index is 1310. The first-order chi connectivity index (χ1) is 16.5.